The molecule has 0 saturated heterocycles. The van der Waals surface area contributed by atoms with E-state index in [0.29, 0.717) is 5.69 Å². The first-order chi connectivity index (χ1) is 11.7. The maximum Gasteiger partial charge on any atom is 0.261 e. The van der Waals surface area contributed by atoms with Crippen LogP contribution in [0.5, 0.6) is 0 Å². The number of aryl methyl sites for hydroxylation is 2. The third kappa shape index (κ3) is 3.71. The smallest absolute Gasteiger partial charge is 0.261 e. The first-order valence-corrected chi connectivity index (χ1v) is 9.49. The third-order valence-electron chi connectivity index (χ3n) is 4.07. The second-order valence-corrected chi connectivity index (χ2v) is 8.10. The van der Waals surface area contributed by atoms with Crippen molar-refractivity contribution >= 4 is 15.7 Å². The van der Waals surface area contributed by atoms with E-state index in [1.54, 1.807) is 6.07 Å². The van der Waals surface area contributed by atoms with Gasteiger partial charge in [0.25, 0.3) is 11.5 Å². The van der Waals surface area contributed by atoms with Gasteiger partial charge in [-0.05, 0) is 37.6 Å². The fraction of sp³-hybridized carbons (Fsp3) is 0.222. The molecule has 130 valence electrons. The predicted octanol–water partition coefficient (Wildman–Crippen LogP) is 1.70. The number of H-pyrrole nitrogens is 1. The summed E-state index contributed by atoms with van der Waals surface area (Å²) in [6.45, 7) is 3.94. The van der Waals surface area contributed by atoms with E-state index in [1.807, 2.05) is 32.0 Å². The highest BCUT2D eigenvalue weighted by molar-refractivity contribution is 7.94. The van der Waals surface area contributed by atoms with Crippen LogP contribution in [0.2, 0.25) is 0 Å². The highest BCUT2D eigenvalue weighted by Crippen LogP contribution is 2.21. The van der Waals surface area contributed by atoms with Crippen molar-refractivity contribution in [3.63, 3.8) is 0 Å². The molecule has 25 heavy (non-hydrogen) atoms. The van der Waals surface area contributed by atoms with Crippen LogP contribution in [0.3, 0.4) is 0 Å². The van der Waals surface area contributed by atoms with Gasteiger partial charge in [-0.15, -0.1) is 0 Å². The van der Waals surface area contributed by atoms with Crippen molar-refractivity contribution in [3.05, 3.63) is 68.9 Å². The summed E-state index contributed by atoms with van der Waals surface area (Å²) in [5.41, 5.74) is 3.10. The number of hydrogen-bond donors (Lipinski definition) is 2. The van der Waals surface area contributed by atoms with E-state index >= 15 is 0 Å². The number of carbonyl (C=O) groups is 1. The maximum atomic E-state index is 12.3. The Kier molecular flexibility index (Phi) is 4.34. The monoisotopic (exact) mass is 358 g/mol. The van der Waals surface area contributed by atoms with Gasteiger partial charge in [0.15, 0.2) is 9.84 Å². The molecule has 1 aromatic carbocycles. The average Bonchev–Trinajstić information content (AvgIpc) is 2.85. The Morgan fingerprint density at radius 2 is 1.96 bits per heavy atom. The minimum Gasteiger partial charge on any atom is -0.345 e. The van der Waals surface area contributed by atoms with Crippen molar-refractivity contribution in [1.82, 2.24) is 10.3 Å². The molecule has 1 aromatic heterocycles. The minimum absolute atomic E-state index is 0.0498. The highest BCUT2D eigenvalue weighted by atomic mass is 32.2. The lowest BCUT2D eigenvalue weighted by molar-refractivity contribution is 0.0946. The summed E-state index contributed by atoms with van der Waals surface area (Å²) in [7, 11) is -3.27. The first-order valence-electron chi connectivity index (χ1n) is 7.78. The number of rotatable bonds is 3. The summed E-state index contributed by atoms with van der Waals surface area (Å²) >= 11 is 0. The molecule has 0 aliphatic carbocycles. The summed E-state index contributed by atoms with van der Waals surface area (Å²) < 4.78 is 22.8. The molecule has 0 fully saturated rings. The summed E-state index contributed by atoms with van der Waals surface area (Å²) in [6.07, 6.45) is 1.41. The van der Waals surface area contributed by atoms with Crippen LogP contribution < -0.4 is 10.9 Å². The maximum absolute atomic E-state index is 12.3. The Hall–Kier alpha value is -2.67. The highest BCUT2D eigenvalue weighted by Gasteiger charge is 2.24. The molecule has 3 rings (SSSR count). The van der Waals surface area contributed by atoms with Crippen LogP contribution in [0, 0.1) is 13.8 Å². The number of carbonyl (C=O) groups excluding carboxylic acids is 1. The molecule has 0 spiro atoms. The fourth-order valence-corrected chi connectivity index (χ4v) is 4.07. The van der Waals surface area contributed by atoms with E-state index in [9.17, 15) is 18.0 Å². The molecule has 2 N–H and O–H groups in total. The van der Waals surface area contributed by atoms with Crippen molar-refractivity contribution in [2.75, 3.05) is 5.75 Å². The molecule has 0 unspecified atom stereocenters. The molecule has 2 aromatic rings. The SMILES string of the molecule is Cc1ccc(-c2ccc(C(=O)N[C@@H]3C=CS(=O)(=O)C3)c(=O)[nH]2)c(C)c1. The van der Waals surface area contributed by atoms with E-state index in [2.05, 4.69) is 10.3 Å². The lowest BCUT2D eigenvalue weighted by Gasteiger charge is -2.11. The largest absolute Gasteiger partial charge is 0.345 e. The van der Waals surface area contributed by atoms with Crippen molar-refractivity contribution < 1.29 is 13.2 Å². The van der Waals surface area contributed by atoms with Gasteiger partial charge in [0.05, 0.1) is 11.8 Å². The second-order valence-electron chi connectivity index (χ2n) is 6.17. The molecule has 0 bridgehead atoms. The molecule has 1 amide bonds. The van der Waals surface area contributed by atoms with Crippen LogP contribution in [-0.4, -0.2) is 31.1 Å². The summed E-state index contributed by atoms with van der Waals surface area (Å²) in [6, 6.07) is 8.40. The van der Waals surface area contributed by atoms with Gasteiger partial charge >= 0.3 is 0 Å². The molecular weight excluding hydrogens is 340 g/mol. The Balaban J connectivity index is 1.84. The zero-order valence-corrected chi connectivity index (χ0v) is 14.7. The van der Waals surface area contributed by atoms with Crippen molar-refractivity contribution in [3.8, 4) is 11.3 Å². The third-order valence-corrected chi connectivity index (χ3v) is 5.47. The van der Waals surface area contributed by atoms with E-state index < -0.39 is 27.3 Å². The molecular formula is C18H18N2O4S. The van der Waals surface area contributed by atoms with Gasteiger partial charge in [0.1, 0.15) is 5.56 Å². The van der Waals surface area contributed by atoms with Gasteiger partial charge in [-0.1, -0.05) is 23.8 Å². The van der Waals surface area contributed by atoms with Gasteiger partial charge < -0.3 is 10.3 Å². The Morgan fingerprint density at radius 3 is 2.56 bits per heavy atom. The minimum atomic E-state index is -3.27. The number of hydrogen-bond acceptors (Lipinski definition) is 4. The molecule has 0 saturated carbocycles. The summed E-state index contributed by atoms with van der Waals surface area (Å²) in [4.78, 5) is 27.2. The van der Waals surface area contributed by atoms with Crippen molar-refractivity contribution in [1.29, 1.82) is 0 Å². The van der Waals surface area contributed by atoms with Crippen LogP contribution in [-0.2, 0) is 9.84 Å². The molecule has 7 heteroatoms. The zero-order chi connectivity index (χ0) is 18.2. The van der Waals surface area contributed by atoms with Gasteiger partial charge in [-0.3, -0.25) is 9.59 Å². The molecule has 1 aliphatic rings. The number of sulfone groups is 1. The van der Waals surface area contributed by atoms with Gasteiger partial charge in [-0.25, -0.2) is 8.42 Å². The first kappa shape index (κ1) is 17.2. The Morgan fingerprint density at radius 1 is 1.20 bits per heavy atom. The number of pyridine rings is 1. The standard InChI is InChI=1S/C18H18N2O4S/c1-11-3-4-14(12(2)9-11)16-6-5-15(18(22)20-16)17(21)19-13-7-8-25(23,24)10-13/h3-9,13H,10H2,1-2H3,(H,19,21)(H,20,22)/t13-/m1/s1. The topological polar surface area (TPSA) is 96.1 Å². The van der Waals surface area contributed by atoms with Gasteiger partial charge in [0.2, 0.25) is 0 Å². The zero-order valence-electron chi connectivity index (χ0n) is 13.9. The fourth-order valence-electron chi connectivity index (χ4n) is 2.84. The number of aromatic amines is 1. The van der Waals surface area contributed by atoms with Crippen molar-refractivity contribution in [2.24, 2.45) is 0 Å². The van der Waals surface area contributed by atoms with Gasteiger partial charge in [-0.2, -0.15) is 0 Å². The van der Waals surface area contributed by atoms with Gasteiger partial charge in [0, 0.05) is 16.7 Å². The van der Waals surface area contributed by atoms with E-state index in [-0.39, 0.29) is 11.3 Å². The molecule has 6 nitrogen and oxygen atoms in total. The number of aromatic nitrogens is 1. The van der Waals surface area contributed by atoms with Crippen LogP contribution in [0.15, 0.2) is 46.6 Å². The lowest BCUT2D eigenvalue weighted by Crippen LogP contribution is -2.38. The lowest BCUT2D eigenvalue weighted by atomic mass is 10.0. The Labute approximate surface area is 145 Å². The summed E-state index contributed by atoms with van der Waals surface area (Å²) in [5.74, 6) is -0.780. The number of nitrogens with one attached hydrogen (secondary N) is 2. The average molecular weight is 358 g/mol. The van der Waals surface area contributed by atoms with Crippen LogP contribution in [0.25, 0.3) is 11.3 Å². The van der Waals surface area contributed by atoms with E-state index in [4.69, 9.17) is 0 Å². The number of amides is 1. The molecule has 1 atom stereocenters. The molecule has 1 aliphatic heterocycles. The van der Waals surface area contributed by atoms with Crippen LogP contribution in [0.4, 0.5) is 0 Å². The van der Waals surface area contributed by atoms with E-state index in [1.165, 1.54) is 12.1 Å². The quantitative estimate of drug-likeness (QED) is 0.873. The molecule has 2 heterocycles. The van der Waals surface area contributed by atoms with Crippen LogP contribution >= 0.6 is 0 Å². The van der Waals surface area contributed by atoms with E-state index in [0.717, 1.165) is 22.1 Å². The Bertz CT molecular complexity index is 1040. The van der Waals surface area contributed by atoms with Crippen LogP contribution in [0.1, 0.15) is 21.5 Å². The molecule has 0 radical (unpaired) electrons. The summed E-state index contributed by atoms with van der Waals surface area (Å²) in [5, 5.41) is 3.62. The second kappa shape index (κ2) is 6.33. The normalized spacial score (nSPS) is 18.2. The van der Waals surface area contributed by atoms with Crippen molar-refractivity contribution in [2.45, 2.75) is 19.9 Å². The predicted molar refractivity (Wildman–Crippen MR) is 96.2 cm³/mol. The number of benzene rings is 1.